The molecule has 9 aliphatic rings. The van der Waals surface area contributed by atoms with Gasteiger partial charge in [0.25, 0.3) is 0 Å². The van der Waals surface area contributed by atoms with E-state index in [-0.39, 0.29) is 75.9 Å². The number of aliphatic hydroxyl groups is 20. The van der Waals surface area contributed by atoms with Gasteiger partial charge in [-0.15, -0.1) is 19.7 Å². The van der Waals surface area contributed by atoms with Crippen molar-refractivity contribution in [2.24, 2.45) is 23.7 Å². The van der Waals surface area contributed by atoms with Gasteiger partial charge in [-0.2, -0.15) is 0 Å². The first kappa shape index (κ1) is 117. The molecular weight excluding hydrogens is 1820 g/mol. The molecule has 9 fully saturated rings. The molecule has 43 atom stereocenters. The van der Waals surface area contributed by atoms with E-state index in [1.54, 1.807) is 20.8 Å². The Kier molecular flexibility index (Phi) is 44.9. The van der Waals surface area contributed by atoms with Crippen molar-refractivity contribution in [3.63, 3.8) is 0 Å². The van der Waals surface area contributed by atoms with Crippen molar-refractivity contribution in [2.45, 2.75) is 393 Å². The summed E-state index contributed by atoms with van der Waals surface area (Å²) in [4.78, 5) is 66.6. The summed E-state index contributed by atoms with van der Waals surface area (Å²) in [5.74, 6) is -6.98. The van der Waals surface area contributed by atoms with Crippen LogP contribution < -0.4 is 0 Å². The first-order chi connectivity index (χ1) is 63.2. The van der Waals surface area contributed by atoms with Gasteiger partial charge < -0.3 is 202 Å². The molecule has 782 valence electrons. The highest BCUT2D eigenvalue weighted by molar-refractivity contribution is 5.89. The molecule has 20 N–H and O–H groups in total. The average Bonchev–Trinajstić information content (AvgIpc) is 0.773. The van der Waals surface area contributed by atoms with Gasteiger partial charge >= 0.3 is 29.8 Å². The first-order valence-electron chi connectivity index (χ1n) is 45.1. The van der Waals surface area contributed by atoms with E-state index in [0.29, 0.717) is 0 Å². The SMILES string of the molecule is C.C=CC(C)(O)CC/C=C(\C)C(=O)OC1C(O)C(CO)OC(OC(=O)C(C)C)C1OC1OCC(OC2OCC(O)C(OC3OCC(C)C(O)C3O)C2O)C(O)C1O.C=CC(C)(O)CC/C=C(\C)C(=O)OC1C(OCC2OC(OC(=O)C(C)C)C(OC3OC(C)C(OC4OCC(O)C(OC5OCC(C)C(O)C5O)C4O)C(O)C3O)C(OC(=O)/C(C)=C/CCC(C)(O)C=C)C2O)OC(C)C(O)C1O. The molecular formula is C90H146O46. The third-order valence-corrected chi connectivity index (χ3v) is 24.6. The number of aliphatic hydroxyl groups excluding tert-OH is 17. The molecule has 46 heteroatoms. The largest absolute Gasteiger partial charge is 0.453 e. The van der Waals surface area contributed by atoms with Crippen LogP contribution in [0.25, 0.3) is 0 Å². The van der Waals surface area contributed by atoms with E-state index < -0.39 is 337 Å². The zero-order valence-electron chi connectivity index (χ0n) is 78.1. The summed E-state index contributed by atoms with van der Waals surface area (Å²) >= 11 is 0. The van der Waals surface area contributed by atoms with Crippen LogP contribution in [0.2, 0.25) is 0 Å². The zero-order valence-corrected chi connectivity index (χ0v) is 78.1. The maximum Gasteiger partial charge on any atom is 0.333 e. The highest BCUT2D eigenvalue weighted by Gasteiger charge is 2.59. The zero-order chi connectivity index (χ0) is 101. The van der Waals surface area contributed by atoms with Crippen LogP contribution in [-0.2, 0) is 123 Å². The fourth-order valence-electron chi connectivity index (χ4n) is 15.2. The summed E-state index contributed by atoms with van der Waals surface area (Å²) in [5.41, 5.74) is -3.58. The number of allylic oxidation sites excluding steroid dienone is 3. The number of ether oxygens (including phenoxy) is 21. The highest BCUT2D eigenvalue weighted by Crippen LogP contribution is 2.40. The van der Waals surface area contributed by atoms with Gasteiger partial charge in [0, 0.05) is 28.6 Å². The monoisotopic (exact) mass is 1960 g/mol. The normalized spacial score (nSPS) is 41.2. The van der Waals surface area contributed by atoms with E-state index in [1.807, 2.05) is 0 Å². The van der Waals surface area contributed by atoms with E-state index in [0.717, 1.165) is 0 Å². The molecule has 136 heavy (non-hydrogen) atoms. The van der Waals surface area contributed by atoms with Gasteiger partial charge in [-0.25, -0.2) is 14.4 Å². The van der Waals surface area contributed by atoms with E-state index in [4.69, 9.17) is 99.5 Å². The third-order valence-electron chi connectivity index (χ3n) is 24.6. The molecule has 0 aliphatic carbocycles. The molecule has 0 radical (unpaired) electrons. The number of rotatable bonds is 38. The molecule has 46 nitrogen and oxygen atoms in total. The Morgan fingerprint density at radius 1 is 0.353 bits per heavy atom. The Morgan fingerprint density at radius 3 is 1.10 bits per heavy atom. The number of hydrogen-bond acceptors (Lipinski definition) is 46. The Balaban J connectivity index is 0.000000389. The van der Waals surface area contributed by atoms with Gasteiger partial charge in [-0.1, -0.05) is 85.4 Å². The highest BCUT2D eigenvalue weighted by atomic mass is 16.8. The van der Waals surface area contributed by atoms with E-state index >= 15 is 0 Å². The van der Waals surface area contributed by atoms with Crippen LogP contribution in [0.4, 0.5) is 0 Å². The van der Waals surface area contributed by atoms with Crippen LogP contribution in [0.15, 0.2) is 72.9 Å². The van der Waals surface area contributed by atoms with Crippen LogP contribution in [0.5, 0.6) is 0 Å². The molecule has 0 bridgehead atoms. The Hall–Kier alpha value is -5.65. The van der Waals surface area contributed by atoms with Gasteiger partial charge in [0.15, 0.2) is 74.6 Å². The standard InChI is InChI=1S/C53H84O26.C36H58O20.CH4/c1-12-52(10,66)18-14-16-24(5)45(64)74-41-33(57)30(22-70-50-42(34(58)32(56)27(8)71-50)75-46(65)25(6)17-15-19-53(11,67)13-2)73-51(79-44(63)23(3)4)43(41)78-49-37(61)35(59)39(28(9)72-49)76-48-38(62)40(29(54)21-69-48)77-47-36(60)31(55)26(7)20-68-47;1-7-36(6,47)10-8-9-16(4)31(46)53-28-23(41)19(11-37)51-35(56-30(45)15(2)3)29(28)55-33-25(43)22(40)20(14-50-33)52-34-26(44)27(18(38)13-49-34)54-32-24(42)21(39)17(5)12-48-32;/h12-13,16-17,23,26-43,47-51,54-62,66-67H,1-2,14-15,18-22H2,3-11H3;7,9,15,17-29,32-35,37-44,47H,1,8,10-14H2,2-6H3;1H4/b24-16+,25-17+;16-9+;. The lowest BCUT2D eigenvalue weighted by atomic mass is 9.96. The molecule has 9 aliphatic heterocycles. The second kappa shape index (κ2) is 52.0. The fourth-order valence-corrected chi connectivity index (χ4v) is 15.2. The van der Waals surface area contributed by atoms with Crippen LogP contribution in [0.1, 0.15) is 143 Å². The van der Waals surface area contributed by atoms with Gasteiger partial charge in [-0.3, -0.25) is 9.59 Å². The molecule has 9 rings (SSSR count). The van der Waals surface area contributed by atoms with Crippen LogP contribution in [0, 0.1) is 23.7 Å². The van der Waals surface area contributed by atoms with Gasteiger partial charge in [0.05, 0.1) is 99.3 Å². The molecule has 0 spiro atoms. The lowest BCUT2D eigenvalue weighted by Gasteiger charge is -2.48. The van der Waals surface area contributed by atoms with Crippen molar-refractivity contribution in [3.05, 3.63) is 72.9 Å². The molecule has 43 unspecified atom stereocenters. The van der Waals surface area contributed by atoms with Crippen molar-refractivity contribution in [3.8, 4) is 0 Å². The number of esters is 5. The van der Waals surface area contributed by atoms with Gasteiger partial charge in [0.2, 0.25) is 12.6 Å². The first-order valence-corrected chi connectivity index (χ1v) is 45.1. The number of carbonyl (C=O) groups excluding carboxylic acids is 5. The molecule has 9 heterocycles. The maximum absolute atomic E-state index is 13.9. The van der Waals surface area contributed by atoms with Crippen molar-refractivity contribution in [1.29, 1.82) is 0 Å². The molecule has 0 aromatic carbocycles. The van der Waals surface area contributed by atoms with Crippen LogP contribution in [0.3, 0.4) is 0 Å². The molecule has 9 saturated heterocycles. The fraction of sp³-hybridized carbons (Fsp3) is 0.811. The summed E-state index contributed by atoms with van der Waals surface area (Å²) < 4.78 is 121. The molecule has 0 saturated carbocycles. The summed E-state index contributed by atoms with van der Waals surface area (Å²) in [5, 5.41) is 217. The summed E-state index contributed by atoms with van der Waals surface area (Å²) in [6.07, 6.45) is -52.5. The van der Waals surface area contributed by atoms with Crippen LogP contribution >= 0.6 is 0 Å². The maximum atomic E-state index is 13.9. The summed E-state index contributed by atoms with van der Waals surface area (Å²) in [6, 6.07) is 0. The third kappa shape index (κ3) is 30.7. The summed E-state index contributed by atoms with van der Waals surface area (Å²) in [7, 11) is 0. The quantitative estimate of drug-likeness (QED) is 0.0121. The molecule has 0 aromatic heterocycles. The van der Waals surface area contributed by atoms with Crippen molar-refractivity contribution in [2.75, 3.05) is 46.2 Å². The smallest absolute Gasteiger partial charge is 0.333 e. The number of hydrogen-bond donors (Lipinski definition) is 20. The van der Waals surface area contributed by atoms with Gasteiger partial charge in [0.1, 0.15) is 122 Å². The van der Waals surface area contributed by atoms with Gasteiger partial charge in [-0.05, 0) is 93.9 Å². The predicted molar refractivity (Wildman–Crippen MR) is 461 cm³/mol. The Morgan fingerprint density at radius 2 is 0.684 bits per heavy atom. The lowest BCUT2D eigenvalue weighted by Crippen LogP contribution is -2.66. The minimum Gasteiger partial charge on any atom is -0.453 e. The molecule has 0 aromatic rings. The minimum absolute atomic E-state index is 0. The second-order valence-corrected chi connectivity index (χ2v) is 36.9. The summed E-state index contributed by atoms with van der Waals surface area (Å²) in [6.45, 7) is 28.8. The van der Waals surface area contributed by atoms with Crippen molar-refractivity contribution < 1.29 is 226 Å². The Labute approximate surface area is 788 Å². The van der Waals surface area contributed by atoms with Crippen LogP contribution in [-0.4, -0.2) is 429 Å². The van der Waals surface area contributed by atoms with E-state index in [1.165, 1.54) is 113 Å². The van der Waals surface area contributed by atoms with Crippen molar-refractivity contribution in [1.82, 2.24) is 0 Å². The minimum atomic E-state index is -2.07. The van der Waals surface area contributed by atoms with Crippen molar-refractivity contribution >= 4 is 29.8 Å². The topological polar surface area (TPSA) is 684 Å². The number of carbonyl (C=O) groups is 5. The van der Waals surface area contributed by atoms with E-state index in [9.17, 15) is 126 Å². The second-order valence-electron chi connectivity index (χ2n) is 36.9. The predicted octanol–water partition coefficient (Wildman–Crippen LogP) is -4.18. The van der Waals surface area contributed by atoms with E-state index in [2.05, 4.69) is 19.7 Å². The average molecular weight is 1960 g/mol. The lowest BCUT2D eigenvalue weighted by molar-refractivity contribution is -0.380. The Bertz CT molecular complexity index is 3880. The molecule has 0 amide bonds.